The first-order valence-corrected chi connectivity index (χ1v) is 8.73. The number of benzene rings is 2. The molecule has 0 N–H and O–H groups in total. The molecule has 0 spiro atoms. The minimum Gasteiger partial charge on any atom is -0.313 e. The van der Waals surface area contributed by atoms with Crippen molar-refractivity contribution in [2.45, 2.75) is 13.0 Å². The molecule has 4 rings (SSSR count). The quantitative estimate of drug-likeness (QED) is 0.564. The van der Waals surface area contributed by atoms with Gasteiger partial charge in [0, 0.05) is 14.1 Å². The second-order valence-electron chi connectivity index (χ2n) is 6.70. The summed E-state index contributed by atoms with van der Waals surface area (Å²) in [7, 11) is 3.12. The smallest absolute Gasteiger partial charge is 0.313 e. The number of imidazole rings is 1. The highest BCUT2D eigenvalue weighted by Gasteiger charge is 2.23. The van der Waals surface area contributed by atoms with E-state index in [2.05, 4.69) is 24.0 Å². The number of nitrogens with zero attached hydrogens (tertiary/aromatic N) is 4. The predicted octanol–water partition coefficient (Wildman–Crippen LogP) is 2.38. The fourth-order valence-corrected chi connectivity index (χ4v) is 3.58. The fraction of sp³-hybridized carbons (Fsp3) is 0.190. The molecule has 0 aliphatic carbocycles. The standard InChI is InChI=1S/C21H20N4O2/c1-14-9-7-8-12-16(14)17(15-10-5-4-6-11-15)25-13-22-19-18(25)20(26)24(3)21(27)23(19)2/h4-13,17H,1-3H3. The van der Waals surface area contributed by atoms with Gasteiger partial charge in [0.1, 0.15) is 0 Å². The molecule has 0 bridgehead atoms. The summed E-state index contributed by atoms with van der Waals surface area (Å²) in [4.78, 5) is 29.6. The second-order valence-corrected chi connectivity index (χ2v) is 6.70. The van der Waals surface area contributed by atoms with E-state index >= 15 is 0 Å². The van der Waals surface area contributed by atoms with E-state index in [0.29, 0.717) is 11.2 Å². The molecule has 0 aliphatic rings. The van der Waals surface area contributed by atoms with E-state index in [1.165, 1.54) is 11.6 Å². The van der Waals surface area contributed by atoms with Crippen molar-refractivity contribution in [3.8, 4) is 0 Å². The van der Waals surface area contributed by atoms with Crippen LogP contribution in [0.4, 0.5) is 0 Å². The molecule has 0 saturated carbocycles. The monoisotopic (exact) mass is 360 g/mol. The Kier molecular flexibility index (Phi) is 4.03. The van der Waals surface area contributed by atoms with Gasteiger partial charge in [-0.15, -0.1) is 0 Å². The molecule has 4 aromatic rings. The Balaban J connectivity index is 2.10. The van der Waals surface area contributed by atoms with E-state index in [-0.39, 0.29) is 17.3 Å². The average Bonchev–Trinajstić information content (AvgIpc) is 3.12. The Labute approximate surface area is 156 Å². The van der Waals surface area contributed by atoms with Gasteiger partial charge in [-0.05, 0) is 23.6 Å². The van der Waals surface area contributed by atoms with Crippen molar-refractivity contribution in [1.29, 1.82) is 0 Å². The van der Waals surface area contributed by atoms with Crippen LogP contribution in [-0.4, -0.2) is 18.7 Å². The highest BCUT2D eigenvalue weighted by atomic mass is 16.2. The lowest BCUT2D eigenvalue weighted by Gasteiger charge is -2.22. The van der Waals surface area contributed by atoms with Crippen LogP contribution < -0.4 is 11.2 Å². The van der Waals surface area contributed by atoms with Crippen LogP contribution in [0.3, 0.4) is 0 Å². The first kappa shape index (κ1) is 17.0. The summed E-state index contributed by atoms with van der Waals surface area (Å²) >= 11 is 0. The molecule has 0 saturated heterocycles. The van der Waals surface area contributed by atoms with Gasteiger partial charge >= 0.3 is 5.69 Å². The van der Waals surface area contributed by atoms with Gasteiger partial charge in [-0.2, -0.15) is 0 Å². The second kappa shape index (κ2) is 6.39. The highest BCUT2D eigenvalue weighted by Crippen LogP contribution is 2.30. The molecule has 2 aromatic heterocycles. The van der Waals surface area contributed by atoms with Crippen molar-refractivity contribution in [3.05, 3.63) is 98.5 Å². The number of hydrogen-bond donors (Lipinski definition) is 0. The van der Waals surface area contributed by atoms with Crippen molar-refractivity contribution >= 4 is 11.2 Å². The Hall–Kier alpha value is -3.41. The van der Waals surface area contributed by atoms with E-state index in [9.17, 15) is 9.59 Å². The lowest BCUT2D eigenvalue weighted by molar-refractivity contribution is 0.672. The van der Waals surface area contributed by atoms with Gasteiger partial charge in [-0.1, -0.05) is 54.6 Å². The maximum absolute atomic E-state index is 12.9. The number of hydrogen-bond acceptors (Lipinski definition) is 3. The van der Waals surface area contributed by atoms with Crippen LogP contribution in [0, 0.1) is 6.92 Å². The van der Waals surface area contributed by atoms with E-state index < -0.39 is 0 Å². The Bertz CT molecular complexity index is 1250. The molecular formula is C21H20N4O2. The third-order valence-electron chi connectivity index (χ3n) is 5.05. The summed E-state index contributed by atoms with van der Waals surface area (Å²) < 4.78 is 4.41. The predicted molar refractivity (Wildman–Crippen MR) is 105 cm³/mol. The third kappa shape index (κ3) is 2.61. The number of rotatable bonds is 3. The van der Waals surface area contributed by atoms with E-state index in [4.69, 9.17) is 0 Å². The molecule has 1 atom stereocenters. The molecular weight excluding hydrogens is 340 g/mol. The number of fused-ring (bicyclic) bond motifs is 1. The Morgan fingerprint density at radius 1 is 0.889 bits per heavy atom. The van der Waals surface area contributed by atoms with Crippen molar-refractivity contribution in [1.82, 2.24) is 18.7 Å². The highest BCUT2D eigenvalue weighted by molar-refractivity contribution is 5.71. The van der Waals surface area contributed by atoms with Crippen LogP contribution in [0.15, 0.2) is 70.5 Å². The van der Waals surface area contributed by atoms with Crippen molar-refractivity contribution in [2.75, 3.05) is 0 Å². The molecule has 6 heteroatoms. The minimum atomic E-state index is -0.384. The number of aromatic nitrogens is 4. The van der Waals surface area contributed by atoms with Crippen LogP contribution in [0.1, 0.15) is 22.7 Å². The van der Waals surface area contributed by atoms with Gasteiger partial charge in [-0.25, -0.2) is 9.78 Å². The zero-order chi connectivity index (χ0) is 19.1. The summed E-state index contributed by atoms with van der Waals surface area (Å²) in [5, 5.41) is 0. The molecule has 0 aliphatic heterocycles. The number of aryl methyl sites for hydroxylation is 2. The van der Waals surface area contributed by atoms with Gasteiger partial charge in [0.15, 0.2) is 11.2 Å². The van der Waals surface area contributed by atoms with E-state index in [1.54, 1.807) is 13.4 Å². The molecule has 0 fully saturated rings. The zero-order valence-electron chi connectivity index (χ0n) is 15.5. The molecule has 136 valence electrons. The van der Waals surface area contributed by atoms with Crippen molar-refractivity contribution in [3.63, 3.8) is 0 Å². The molecule has 27 heavy (non-hydrogen) atoms. The summed E-state index contributed by atoms with van der Waals surface area (Å²) in [6.45, 7) is 2.05. The van der Waals surface area contributed by atoms with Gasteiger partial charge in [-0.3, -0.25) is 13.9 Å². The van der Waals surface area contributed by atoms with Crippen LogP contribution in [0.25, 0.3) is 11.2 Å². The van der Waals surface area contributed by atoms with Gasteiger partial charge in [0.05, 0.1) is 12.4 Å². The average molecular weight is 360 g/mol. The topological polar surface area (TPSA) is 61.8 Å². The maximum atomic E-state index is 12.9. The molecule has 0 amide bonds. The fourth-order valence-electron chi connectivity index (χ4n) is 3.58. The molecule has 6 nitrogen and oxygen atoms in total. The van der Waals surface area contributed by atoms with Crippen molar-refractivity contribution in [2.24, 2.45) is 14.1 Å². The van der Waals surface area contributed by atoms with E-state index in [1.807, 2.05) is 47.0 Å². The van der Waals surface area contributed by atoms with Gasteiger partial charge in [0.2, 0.25) is 0 Å². The first-order valence-electron chi connectivity index (χ1n) is 8.73. The minimum absolute atomic E-state index is 0.220. The third-order valence-corrected chi connectivity index (χ3v) is 5.05. The van der Waals surface area contributed by atoms with E-state index in [0.717, 1.165) is 21.3 Å². The Morgan fingerprint density at radius 3 is 2.26 bits per heavy atom. The van der Waals surface area contributed by atoms with Crippen LogP contribution >= 0.6 is 0 Å². The van der Waals surface area contributed by atoms with Gasteiger partial charge in [0.25, 0.3) is 5.56 Å². The molecule has 2 aromatic carbocycles. The summed E-state index contributed by atoms with van der Waals surface area (Å²) in [5.74, 6) is 0. The molecule has 0 radical (unpaired) electrons. The SMILES string of the molecule is Cc1ccccc1C(c1ccccc1)n1cnc2c1c(=O)n(C)c(=O)n2C. The normalized spacial score (nSPS) is 12.4. The largest absolute Gasteiger partial charge is 0.332 e. The summed E-state index contributed by atoms with van der Waals surface area (Å²) in [6, 6.07) is 17.9. The lowest BCUT2D eigenvalue weighted by atomic mass is 9.95. The maximum Gasteiger partial charge on any atom is 0.332 e. The Morgan fingerprint density at radius 2 is 1.56 bits per heavy atom. The summed E-state index contributed by atoms with van der Waals surface area (Å²) in [5.41, 5.74) is 3.31. The first-order chi connectivity index (χ1) is 13.0. The lowest BCUT2D eigenvalue weighted by Crippen LogP contribution is -2.37. The zero-order valence-corrected chi connectivity index (χ0v) is 15.5. The van der Waals surface area contributed by atoms with Crippen LogP contribution in [0.5, 0.6) is 0 Å². The molecule has 1 unspecified atom stereocenters. The van der Waals surface area contributed by atoms with Gasteiger partial charge < -0.3 is 4.57 Å². The summed E-state index contributed by atoms with van der Waals surface area (Å²) in [6.07, 6.45) is 1.65. The van der Waals surface area contributed by atoms with Crippen LogP contribution in [0.2, 0.25) is 0 Å². The molecule has 2 heterocycles. The van der Waals surface area contributed by atoms with Crippen LogP contribution in [-0.2, 0) is 14.1 Å². The van der Waals surface area contributed by atoms with Crippen molar-refractivity contribution < 1.29 is 0 Å².